The number of alkyl halides is 3. The average Bonchev–Trinajstić information content (AvgIpc) is 2.67. The summed E-state index contributed by atoms with van der Waals surface area (Å²) < 4.78 is 46.0. The molecule has 0 unspecified atom stereocenters. The van der Waals surface area contributed by atoms with Crippen molar-refractivity contribution in [2.24, 2.45) is 0 Å². The molecule has 3 rings (SSSR count). The maximum absolute atomic E-state index is 12.6. The van der Waals surface area contributed by atoms with Crippen molar-refractivity contribution in [3.8, 4) is 11.5 Å². The molecule has 0 aliphatic carbocycles. The van der Waals surface area contributed by atoms with E-state index in [-0.39, 0.29) is 33.3 Å². The Kier molecular flexibility index (Phi) is 5.75. The van der Waals surface area contributed by atoms with Gasteiger partial charge in [-0.2, -0.15) is 0 Å². The fourth-order valence-electron chi connectivity index (χ4n) is 2.75. The Hall–Kier alpha value is -3.46. The van der Waals surface area contributed by atoms with E-state index >= 15 is 0 Å². The number of carbonyl (C=O) groups is 2. The Morgan fingerprint density at radius 3 is 2.33 bits per heavy atom. The first kappa shape index (κ1) is 21.3. The number of anilines is 1. The lowest BCUT2D eigenvalue weighted by Crippen LogP contribution is -2.17. The molecule has 3 aromatic carbocycles. The normalized spacial score (nSPS) is 11.2. The standard InChI is InChI=1S/C20H13ClF3NO5/c1-29-17-9-16(14(19(27)28)8-15(17)21)25-18(26)12-3-2-11-7-13(30-20(22,23)24)5-4-10(11)6-12/h2-9H,1H3,(H,25,26)(H,27,28). The van der Waals surface area contributed by atoms with Gasteiger partial charge >= 0.3 is 12.3 Å². The smallest absolute Gasteiger partial charge is 0.495 e. The summed E-state index contributed by atoms with van der Waals surface area (Å²) in [6.07, 6.45) is -4.81. The molecule has 0 aliphatic heterocycles. The summed E-state index contributed by atoms with van der Waals surface area (Å²) in [6.45, 7) is 0. The lowest BCUT2D eigenvalue weighted by atomic mass is 10.1. The van der Waals surface area contributed by atoms with Crippen LogP contribution in [0.25, 0.3) is 10.8 Å². The number of carbonyl (C=O) groups excluding carboxylic acids is 1. The van der Waals surface area contributed by atoms with Crippen LogP contribution in [0, 0.1) is 0 Å². The van der Waals surface area contributed by atoms with E-state index in [0.717, 1.165) is 12.1 Å². The number of halogens is 4. The highest BCUT2D eigenvalue weighted by Crippen LogP contribution is 2.32. The number of aromatic carboxylic acids is 1. The van der Waals surface area contributed by atoms with Crippen LogP contribution in [0.3, 0.4) is 0 Å². The molecular weight excluding hydrogens is 427 g/mol. The molecule has 0 saturated carbocycles. The number of hydrogen-bond donors (Lipinski definition) is 2. The van der Waals surface area contributed by atoms with Gasteiger partial charge in [-0.25, -0.2) is 4.79 Å². The van der Waals surface area contributed by atoms with Gasteiger partial charge in [0, 0.05) is 11.6 Å². The van der Waals surface area contributed by atoms with Gasteiger partial charge in [0.25, 0.3) is 5.91 Å². The van der Waals surface area contributed by atoms with Gasteiger partial charge in [0.05, 0.1) is 23.4 Å². The number of benzene rings is 3. The summed E-state index contributed by atoms with van der Waals surface area (Å²) in [6, 6.07) is 10.4. The van der Waals surface area contributed by atoms with Gasteiger partial charge in [0.2, 0.25) is 0 Å². The first-order valence-electron chi connectivity index (χ1n) is 8.29. The van der Waals surface area contributed by atoms with E-state index in [2.05, 4.69) is 10.1 Å². The van der Waals surface area contributed by atoms with Gasteiger partial charge in [-0.05, 0) is 41.1 Å². The maximum Gasteiger partial charge on any atom is 0.573 e. The fourth-order valence-corrected chi connectivity index (χ4v) is 2.99. The van der Waals surface area contributed by atoms with Crippen LogP contribution in [0.4, 0.5) is 18.9 Å². The zero-order chi connectivity index (χ0) is 22.1. The molecule has 0 aliphatic rings. The molecule has 0 heterocycles. The highest BCUT2D eigenvalue weighted by molar-refractivity contribution is 6.32. The second-order valence-corrected chi connectivity index (χ2v) is 6.47. The minimum atomic E-state index is -4.81. The molecule has 0 atom stereocenters. The molecule has 3 aromatic rings. The van der Waals surface area contributed by atoms with Gasteiger partial charge in [-0.3, -0.25) is 4.79 Å². The van der Waals surface area contributed by atoms with Crippen molar-refractivity contribution in [1.29, 1.82) is 0 Å². The Morgan fingerprint density at radius 1 is 1.03 bits per heavy atom. The zero-order valence-electron chi connectivity index (χ0n) is 15.2. The quantitative estimate of drug-likeness (QED) is 0.559. The molecule has 10 heteroatoms. The van der Waals surface area contributed by atoms with Gasteiger partial charge < -0.3 is 19.9 Å². The lowest BCUT2D eigenvalue weighted by molar-refractivity contribution is -0.274. The number of ether oxygens (including phenoxy) is 2. The second-order valence-electron chi connectivity index (χ2n) is 6.06. The second kappa shape index (κ2) is 8.11. The van der Waals surface area contributed by atoms with Crippen molar-refractivity contribution in [3.05, 3.63) is 64.7 Å². The van der Waals surface area contributed by atoms with E-state index < -0.39 is 18.2 Å². The summed E-state index contributed by atoms with van der Waals surface area (Å²) in [5.41, 5.74) is -0.0936. The summed E-state index contributed by atoms with van der Waals surface area (Å²) >= 11 is 5.94. The fraction of sp³-hybridized carbons (Fsp3) is 0.100. The van der Waals surface area contributed by atoms with Crippen LogP contribution < -0.4 is 14.8 Å². The van der Waals surface area contributed by atoms with Gasteiger partial charge in [0.15, 0.2) is 0 Å². The Morgan fingerprint density at radius 2 is 1.70 bits per heavy atom. The molecule has 0 bridgehead atoms. The Bertz CT molecular complexity index is 1150. The topological polar surface area (TPSA) is 84.9 Å². The van der Waals surface area contributed by atoms with E-state index in [1.807, 2.05) is 0 Å². The number of carboxylic acids is 1. The highest BCUT2D eigenvalue weighted by atomic mass is 35.5. The van der Waals surface area contributed by atoms with Gasteiger partial charge in [0.1, 0.15) is 11.5 Å². The van der Waals surface area contributed by atoms with Crippen molar-refractivity contribution in [2.75, 3.05) is 12.4 Å². The molecule has 6 nitrogen and oxygen atoms in total. The number of fused-ring (bicyclic) bond motifs is 1. The van der Waals surface area contributed by atoms with Crippen molar-refractivity contribution >= 4 is 39.9 Å². The number of nitrogens with one attached hydrogen (secondary N) is 1. The minimum Gasteiger partial charge on any atom is -0.495 e. The molecule has 30 heavy (non-hydrogen) atoms. The number of hydrogen-bond acceptors (Lipinski definition) is 4. The molecule has 0 radical (unpaired) electrons. The van der Waals surface area contributed by atoms with Crippen molar-refractivity contribution in [3.63, 3.8) is 0 Å². The van der Waals surface area contributed by atoms with Gasteiger partial charge in [-0.1, -0.05) is 23.7 Å². The molecule has 0 aromatic heterocycles. The van der Waals surface area contributed by atoms with E-state index in [1.165, 1.54) is 43.5 Å². The predicted molar refractivity (Wildman–Crippen MR) is 104 cm³/mol. The molecule has 156 valence electrons. The van der Waals surface area contributed by atoms with Crippen LogP contribution in [-0.4, -0.2) is 30.5 Å². The van der Waals surface area contributed by atoms with Crippen molar-refractivity contribution < 1.29 is 37.3 Å². The summed E-state index contributed by atoms with van der Waals surface area (Å²) in [5, 5.41) is 12.8. The predicted octanol–water partition coefficient (Wildman–Crippen LogP) is 5.35. The van der Waals surface area contributed by atoms with E-state index in [4.69, 9.17) is 16.3 Å². The summed E-state index contributed by atoms with van der Waals surface area (Å²) in [4.78, 5) is 24.1. The first-order valence-corrected chi connectivity index (χ1v) is 8.67. The van der Waals surface area contributed by atoms with E-state index in [1.54, 1.807) is 0 Å². The average molecular weight is 440 g/mol. The number of rotatable bonds is 5. The third-order valence-corrected chi connectivity index (χ3v) is 4.37. The zero-order valence-corrected chi connectivity index (χ0v) is 16.0. The van der Waals surface area contributed by atoms with Crippen LogP contribution in [0.15, 0.2) is 48.5 Å². The van der Waals surface area contributed by atoms with E-state index in [0.29, 0.717) is 10.8 Å². The minimum absolute atomic E-state index is 0.0252. The molecule has 2 N–H and O–H groups in total. The monoisotopic (exact) mass is 439 g/mol. The summed E-state index contributed by atoms with van der Waals surface area (Å²) in [5.74, 6) is -2.14. The third kappa shape index (κ3) is 4.74. The van der Waals surface area contributed by atoms with Crippen molar-refractivity contribution in [2.45, 2.75) is 6.36 Å². The van der Waals surface area contributed by atoms with Crippen LogP contribution in [0.1, 0.15) is 20.7 Å². The SMILES string of the molecule is COc1cc(NC(=O)c2ccc3cc(OC(F)(F)F)ccc3c2)c(C(=O)O)cc1Cl. The molecule has 1 amide bonds. The molecular formula is C20H13ClF3NO5. The molecule has 0 saturated heterocycles. The highest BCUT2D eigenvalue weighted by Gasteiger charge is 2.31. The van der Waals surface area contributed by atoms with Crippen LogP contribution >= 0.6 is 11.6 Å². The largest absolute Gasteiger partial charge is 0.573 e. The molecule has 0 fully saturated rings. The van der Waals surface area contributed by atoms with Crippen molar-refractivity contribution in [1.82, 2.24) is 0 Å². The summed E-state index contributed by atoms with van der Waals surface area (Å²) in [7, 11) is 1.34. The maximum atomic E-state index is 12.6. The molecule has 0 spiro atoms. The van der Waals surface area contributed by atoms with Crippen LogP contribution in [0.5, 0.6) is 11.5 Å². The number of methoxy groups -OCH3 is 1. The van der Waals surface area contributed by atoms with Crippen LogP contribution in [0.2, 0.25) is 5.02 Å². The Labute approximate surface area is 172 Å². The third-order valence-electron chi connectivity index (χ3n) is 4.08. The van der Waals surface area contributed by atoms with Gasteiger partial charge in [-0.15, -0.1) is 13.2 Å². The first-order chi connectivity index (χ1) is 14.1. The number of carboxylic acid groups (broad SMARTS) is 1. The van der Waals surface area contributed by atoms with E-state index in [9.17, 15) is 27.9 Å². The lowest BCUT2D eigenvalue weighted by Gasteiger charge is -2.13. The van der Waals surface area contributed by atoms with Crippen LogP contribution in [-0.2, 0) is 0 Å². The number of amides is 1. The Balaban J connectivity index is 1.90.